The third-order valence-electron chi connectivity index (χ3n) is 4.85. The van der Waals surface area contributed by atoms with Crippen molar-refractivity contribution in [1.82, 2.24) is 10.3 Å². The summed E-state index contributed by atoms with van der Waals surface area (Å²) in [7, 11) is 0. The van der Waals surface area contributed by atoms with Gasteiger partial charge in [0.1, 0.15) is 11.3 Å². The number of fused-ring (bicyclic) bond motifs is 2. The van der Waals surface area contributed by atoms with Gasteiger partial charge in [0.05, 0.1) is 0 Å². The fourth-order valence-electron chi connectivity index (χ4n) is 3.88. The van der Waals surface area contributed by atoms with Crippen molar-refractivity contribution in [1.29, 1.82) is 0 Å². The van der Waals surface area contributed by atoms with Gasteiger partial charge in [-0.2, -0.15) is 0 Å². The van der Waals surface area contributed by atoms with Crippen LogP contribution in [0.5, 0.6) is 0 Å². The van der Waals surface area contributed by atoms with E-state index in [0.29, 0.717) is 16.8 Å². The highest BCUT2D eigenvalue weighted by molar-refractivity contribution is 6.30. The van der Waals surface area contributed by atoms with Gasteiger partial charge in [-0.15, -0.1) is 0 Å². The molecule has 2 N–H and O–H groups in total. The summed E-state index contributed by atoms with van der Waals surface area (Å²) in [5.41, 5.74) is 1.77. The first kappa shape index (κ1) is 15.1. The second-order valence-corrected chi connectivity index (χ2v) is 6.89. The normalized spacial score (nSPS) is 32.9. The van der Waals surface area contributed by atoms with Gasteiger partial charge in [-0.05, 0) is 44.0 Å². The van der Waals surface area contributed by atoms with Crippen molar-refractivity contribution < 1.29 is 9.84 Å². The predicted octanol–water partition coefficient (Wildman–Crippen LogP) is 2.93. The van der Waals surface area contributed by atoms with Crippen LogP contribution in [0.2, 0.25) is 5.02 Å². The number of rotatable bonds is 1. The molecule has 3 atom stereocenters. The van der Waals surface area contributed by atoms with Crippen molar-refractivity contribution in [3.05, 3.63) is 64.4 Å². The maximum Gasteiger partial charge on any atom is 0.238 e. The van der Waals surface area contributed by atoms with Gasteiger partial charge in [-0.25, -0.2) is 0 Å². The zero-order valence-corrected chi connectivity index (χ0v) is 13.7. The van der Waals surface area contributed by atoms with Crippen LogP contribution in [0.1, 0.15) is 36.6 Å². The van der Waals surface area contributed by atoms with E-state index < -0.39 is 11.4 Å². The molecule has 0 aliphatic carbocycles. The second kappa shape index (κ2) is 5.28. The van der Waals surface area contributed by atoms with E-state index in [0.717, 1.165) is 30.5 Å². The first-order valence-corrected chi connectivity index (χ1v) is 8.29. The van der Waals surface area contributed by atoms with Gasteiger partial charge in [0.25, 0.3) is 0 Å². The van der Waals surface area contributed by atoms with Gasteiger partial charge in [0.2, 0.25) is 5.79 Å². The number of ether oxygens (including phenoxy) is 1. The summed E-state index contributed by atoms with van der Waals surface area (Å²) in [6.07, 6.45) is 3.22. The topological polar surface area (TPSA) is 54.4 Å². The summed E-state index contributed by atoms with van der Waals surface area (Å²) >= 11 is 6.10. The molecule has 1 saturated heterocycles. The molecule has 4 rings (SSSR count). The Kier molecular flexibility index (Phi) is 3.46. The van der Waals surface area contributed by atoms with Crippen LogP contribution < -0.4 is 5.32 Å². The molecule has 4 nitrogen and oxygen atoms in total. The van der Waals surface area contributed by atoms with Crippen molar-refractivity contribution in [2.45, 2.75) is 37.2 Å². The van der Waals surface area contributed by atoms with Gasteiger partial charge in [0.15, 0.2) is 0 Å². The third-order valence-corrected chi connectivity index (χ3v) is 5.09. The van der Waals surface area contributed by atoms with E-state index >= 15 is 0 Å². The summed E-state index contributed by atoms with van der Waals surface area (Å²) in [5.74, 6) is -1.56. The van der Waals surface area contributed by atoms with Crippen LogP contribution in [-0.4, -0.2) is 22.7 Å². The number of hydrogen-bond acceptors (Lipinski definition) is 4. The summed E-state index contributed by atoms with van der Waals surface area (Å²) < 4.78 is 6.35. The maximum absolute atomic E-state index is 11.4. The molecular weight excluding hydrogens is 312 g/mol. The lowest BCUT2D eigenvalue weighted by Gasteiger charge is -2.39. The molecule has 0 bridgehead atoms. The minimum absolute atomic E-state index is 0.325. The lowest BCUT2D eigenvalue weighted by atomic mass is 9.81. The summed E-state index contributed by atoms with van der Waals surface area (Å²) in [6.45, 7) is 3.00. The van der Waals surface area contributed by atoms with Gasteiger partial charge >= 0.3 is 0 Å². The molecule has 2 aliphatic heterocycles. The quantitative estimate of drug-likeness (QED) is 0.844. The Morgan fingerprint density at radius 2 is 2.09 bits per heavy atom. The van der Waals surface area contributed by atoms with Gasteiger partial charge in [0, 0.05) is 22.8 Å². The fraction of sp³-hybridized carbons (Fsp3) is 0.389. The Labute approximate surface area is 140 Å². The van der Waals surface area contributed by atoms with Gasteiger partial charge in [-0.3, -0.25) is 4.98 Å². The van der Waals surface area contributed by atoms with E-state index in [1.165, 1.54) is 0 Å². The highest BCUT2D eigenvalue weighted by Gasteiger charge is 2.55. The highest BCUT2D eigenvalue weighted by Crippen LogP contribution is 2.53. The first-order valence-electron chi connectivity index (χ1n) is 7.91. The highest BCUT2D eigenvalue weighted by atomic mass is 35.5. The Hall–Kier alpha value is -1.46. The van der Waals surface area contributed by atoms with Crippen molar-refractivity contribution in [3.63, 3.8) is 0 Å². The molecule has 0 radical (unpaired) electrons. The number of aliphatic hydroxyl groups is 1. The van der Waals surface area contributed by atoms with E-state index in [1.54, 1.807) is 18.3 Å². The van der Waals surface area contributed by atoms with Crippen LogP contribution in [0.3, 0.4) is 0 Å². The number of benzene rings is 1. The van der Waals surface area contributed by atoms with Crippen LogP contribution >= 0.6 is 11.6 Å². The molecule has 5 heteroatoms. The summed E-state index contributed by atoms with van der Waals surface area (Å²) in [4.78, 5) is 4.31. The maximum atomic E-state index is 11.4. The number of aromatic nitrogens is 1. The zero-order valence-electron chi connectivity index (χ0n) is 12.9. The number of nitrogens with one attached hydrogen (secondary N) is 1. The number of piperidine rings is 1. The Balaban J connectivity index is 1.88. The molecular formula is C18H19ClN2O2. The average molecular weight is 331 g/mol. The molecule has 2 aromatic rings. The standard InChI is InChI=1S/C18H19ClN2O2/c1-12-11-17(7-9-20-12)14-4-2-3-5-15(14)18(22,23-17)16-10-13(19)6-8-21-16/h2-6,8,10,12,20,22H,7,9,11H2,1H3. The molecule has 3 heterocycles. The summed E-state index contributed by atoms with van der Waals surface area (Å²) in [6, 6.07) is 11.6. The molecule has 3 unspecified atom stereocenters. The number of nitrogens with zero attached hydrogens (tertiary/aromatic N) is 1. The van der Waals surface area contributed by atoms with Crippen molar-refractivity contribution >= 4 is 11.6 Å². The fourth-order valence-corrected chi connectivity index (χ4v) is 4.04. The van der Waals surface area contributed by atoms with Crippen molar-refractivity contribution in [2.75, 3.05) is 6.54 Å². The SMILES string of the molecule is CC1CC2(CCN1)OC(O)(c1cc(Cl)ccn1)c1ccccc12. The Morgan fingerprint density at radius 1 is 1.30 bits per heavy atom. The van der Waals surface area contributed by atoms with Crippen LogP contribution in [0.25, 0.3) is 0 Å². The van der Waals surface area contributed by atoms with Crippen LogP contribution in [0.15, 0.2) is 42.6 Å². The minimum Gasteiger partial charge on any atom is -0.357 e. The molecule has 23 heavy (non-hydrogen) atoms. The van der Waals surface area contributed by atoms with Gasteiger partial charge in [-0.1, -0.05) is 35.9 Å². The predicted molar refractivity (Wildman–Crippen MR) is 88.1 cm³/mol. The van der Waals surface area contributed by atoms with E-state index in [9.17, 15) is 5.11 Å². The number of pyridine rings is 1. The smallest absolute Gasteiger partial charge is 0.238 e. The lowest BCUT2D eigenvalue weighted by Crippen LogP contribution is -2.46. The molecule has 1 fully saturated rings. The van der Waals surface area contributed by atoms with E-state index in [-0.39, 0.29) is 0 Å². The lowest BCUT2D eigenvalue weighted by molar-refractivity contribution is -0.244. The van der Waals surface area contributed by atoms with Crippen LogP contribution in [0.4, 0.5) is 0 Å². The molecule has 120 valence electrons. The zero-order chi connectivity index (χ0) is 16.1. The monoisotopic (exact) mass is 330 g/mol. The third kappa shape index (κ3) is 2.29. The van der Waals surface area contributed by atoms with Gasteiger partial charge < -0.3 is 15.2 Å². The first-order chi connectivity index (χ1) is 11.0. The van der Waals surface area contributed by atoms with Crippen molar-refractivity contribution in [2.24, 2.45) is 0 Å². The summed E-state index contributed by atoms with van der Waals surface area (Å²) in [5, 5.41) is 15.4. The molecule has 0 saturated carbocycles. The number of halogens is 1. The van der Waals surface area contributed by atoms with E-state index in [2.05, 4.69) is 23.3 Å². The van der Waals surface area contributed by atoms with E-state index in [4.69, 9.17) is 16.3 Å². The van der Waals surface area contributed by atoms with Crippen LogP contribution in [0, 0.1) is 0 Å². The Morgan fingerprint density at radius 3 is 2.83 bits per heavy atom. The molecule has 1 aromatic carbocycles. The molecule has 1 spiro atoms. The largest absolute Gasteiger partial charge is 0.357 e. The molecule has 2 aliphatic rings. The van der Waals surface area contributed by atoms with E-state index in [1.807, 2.05) is 18.2 Å². The Bertz CT molecular complexity index is 753. The minimum atomic E-state index is -1.56. The average Bonchev–Trinajstić information content (AvgIpc) is 2.78. The number of hydrogen-bond donors (Lipinski definition) is 2. The van der Waals surface area contributed by atoms with Crippen LogP contribution in [-0.2, 0) is 16.1 Å². The molecule has 1 aromatic heterocycles. The second-order valence-electron chi connectivity index (χ2n) is 6.45. The molecule has 0 amide bonds. The van der Waals surface area contributed by atoms with Crippen molar-refractivity contribution in [3.8, 4) is 0 Å².